The number of fused-ring (bicyclic) bond motifs is 1. The topological polar surface area (TPSA) is 96.2 Å². The molecule has 0 unspecified atom stereocenters. The number of carbonyl (C=O) groups is 2. The number of amides is 2. The van der Waals surface area contributed by atoms with E-state index >= 15 is 0 Å². The van der Waals surface area contributed by atoms with Gasteiger partial charge in [-0.15, -0.1) is 11.3 Å². The number of hydrogen-bond acceptors (Lipinski definition) is 5. The van der Waals surface area contributed by atoms with Crippen LogP contribution in [0.15, 0.2) is 53.5 Å². The molecule has 154 valence electrons. The molecule has 0 bridgehead atoms. The van der Waals surface area contributed by atoms with Gasteiger partial charge in [0.2, 0.25) is 5.91 Å². The van der Waals surface area contributed by atoms with E-state index in [1.807, 2.05) is 52.4 Å². The molecule has 1 aromatic carbocycles. The van der Waals surface area contributed by atoms with Gasteiger partial charge in [0.05, 0.1) is 13.2 Å². The molecular weight excluding hydrogens is 400 g/mol. The zero-order valence-corrected chi connectivity index (χ0v) is 17.4. The maximum atomic E-state index is 12.5. The predicted molar refractivity (Wildman–Crippen MR) is 117 cm³/mol. The molecule has 3 aromatic rings. The van der Waals surface area contributed by atoms with Crippen molar-refractivity contribution in [2.24, 2.45) is 0 Å². The van der Waals surface area contributed by atoms with Crippen LogP contribution >= 0.6 is 11.3 Å². The quantitative estimate of drug-likeness (QED) is 0.315. The third-order valence-electron chi connectivity index (χ3n) is 4.43. The number of nitriles is 1. The van der Waals surface area contributed by atoms with Gasteiger partial charge in [0, 0.05) is 41.2 Å². The zero-order valence-electron chi connectivity index (χ0n) is 16.6. The normalized spacial score (nSPS) is 11.3. The van der Waals surface area contributed by atoms with Crippen molar-refractivity contribution < 1.29 is 14.3 Å². The van der Waals surface area contributed by atoms with Crippen molar-refractivity contribution in [3.63, 3.8) is 0 Å². The van der Waals surface area contributed by atoms with Crippen LogP contribution in [0.5, 0.6) is 0 Å². The molecule has 2 N–H and O–H groups in total. The van der Waals surface area contributed by atoms with E-state index < -0.39 is 5.91 Å². The highest BCUT2D eigenvalue weighted by molar-refractivity contribution is 7.09. The van der Waals surface area contributed by atoms with Gasteiger partial charge < -0.3 is 19.9 Å². The monoisotopic (exact) mass is 422 g/mol. The fraction of sp³-hybridized carbons (Fsp3) is 0.227. The van der Waals surface area contributed by atoms with Crippen LogP contribution in [-0.2, 0) is 27.4 Å². The minimum absolute atomic E-state index is 0.0130. The molecule has 8 heteroatoms. The Morgan fingerprint density at radius 1 is 1.23 bits per heavy atom. The van der Waals surface area contributed by atoms with Crippen molar-refractivity contribution in [2.45, 2.75) is 13.1 Å². The van der Waals surface area contributed by atoms with Crippen LogP contribution in [0.2, 0.25) is 0 Å². The number of methoxy groups -OCH3 is 1. The lowest BCUT2D eigenvalue weighted by Crippen LogP contribution is -2.30. The number of hydrogen-bond donors (Lipinski definition) is 2. The van der Waals surface area contributed by atoms with Gasteiger partial charge in [-0.3, -0.25) is 9.59 Å². The third kappa shape index (κ3) is 5.35. The number of rotatable bonds is 9. The number of nitrogens with zero attached hydrogens (tertiary/aromatic N) is 2. The molecule has 0 aliphatic heterocycles. The lowest BCUT2D eigenvalue weighted by molar-refractivity contribution is -0.121. The average molecular weight is 423 g/mol. The van der Waals surface area contributed by atoms with Gasteiger partial charge in [-0.2, -0.15) is 5.26 Å². The van der Waals surface area contributed by atoms with Crippen LogP contribution in [0, 0.1) is 11.3 Å². The van der Waals surface area contributed by atoms with Crippen molar-refractivity contribution >= 4 is 40.1 Å². The molecule has 0 atom stereocenters. The Labute approximate surface area is 178 Å². The molecule has 0 radical (unpaired) electrons. The van der Waals surface area contributed by atoms with Gasteiger partial charge in [0.1, 0.15) is 18.2 Å². The Bertz CT molecular complexity index is 1090. The standard InChI is InChI=1S/C22H22N4O3S/c1-29-9-8-24-21(27)15-26-14-17(19-6-2-3-7-20(19)26)11-16(12-23)22(28)25-13-18-5-4-10-30-18/h2-7,10-11,14H,8-9,13,15H2,1H3,(H,24,27)(H,25,28)/b16-11+. The Kier molecular flexibility index (Phi) is 7.38. The molecule has 0 saturated carbocycles. The first kappa shape index (κ1) is 21.3. The fourth-order valence-corrected chi connectivity index (χ4v) is 3.65. The summed E-state index contributed by atoms with van der Waals surface area (Å²) in [5.74, 6) is -0.572. The highest BCUT2D eigenvalue weighted by Gasteiger charge is 2.13. The van der Waals surface area contributed by atoms with Crippen molar-refractivity contribution in [1.29, 1.82) is 5.26 Å². The van der Waals surface area contributed by atoms with Crippen LogP contribution in [0.3, 0.4) is 0 Å². The molecule has 0 aliphatic carbocycles. The second kappa shape index (κ2) is 10.4. The summed E-state index contributed by atoms with van der Waals surface area (Å²) in [6.07, 6.45) is 3.34. The SMILES string of the molecule is COCCNC(=O)Cn1cc(/C=C(\C#N)C(=O)NCc2cccs2)c2ccccc21. The highest BCUT2D eigenvalue weighted by Crippen LogP contribution is 2.23. The van der Waals surface area contributed by atoms with Gasteiger partial charge >= 0.3 is 0 Å². The predicted octanol–water partition coefficient (Wildman–Crippen LogP) is 2.69. The maximum absolute atomic E-state index is 12.5. The Morgan fingerprint density at radius 2 is 2.07 bits per heavy atom. The second-order valence-electron chi connectivity index (χ2n) is 6.50. The van der Waals surface area contributed by atoms with Crippen LogP contribution in [0.25, 0.3) is 17.0 Å². The lowest BCUT2D eigenvalue weighted by atomic mass is 10.1. The second-order valence-corrected chi connectivity index (χ2v) is 7.54. The van der Waals surface area contributed by atoms with Crippen molar-refractivity contribution in [1.82, 2.24) is 15.2 Å². The smallest absolute Gasteiger partial charge is 0.262 e. The number of thiophene rings is 1. The molecule has 0 spiro atoms. The molecule has 2 amide bonds. The van der Waals surface area contributed by atoms with Gasteiger partial charge in [-0.1, -0.05) is 24.3 Å². The van der Waals surface area contributed by atoms with E-state index in [1.54, 1.807) is 19.4 Å². The third-order valence-corrected chi connectivity index (χ3v) is 5.31. The summed E-state index contributed by atoms with van der Waals surface area (Å²) < 4.78 is 6.75. The Balaban J connectivity index is 1.81. The van der Waals surface area contributed by atoms with E-state index in [0.29, 0.717) is 25.3 Å². The van der Waals surface area contributed by atoms with Crippen molar-refractivity contribution in [3.05, 3.63) is 64.0 Å². The summed E-state index contributed by atoms with van der Waals surface area (Å²) in [5, 5.41) is 17.9. The Hall–Kier alpha value is -3.41. The van der Waals surface area contributed by atoms with Crippen LogP contribution in [0.4, 0.5) is 0 Å². The number of ether oxygens (including phenoxy) is 1. The van der Waals surface area contributed by atoms with Gasteiger partial charge in [0.25, 0.3) is 5.91 Å². The van der Waals surface area contributed by atoms with Crippen molar-refractivity contribution in [3.8, 4) is 6.07 Å². The van der Waals surface area contributed by atoms with E-state index in [0.717, 1.165) is 15.8 Å². The summed E-state index contributed by atoms with van der Waals surface area (Å²) in [6.45, 7) is 1.38. The molecule has 3 rings (SSSR count). The number of aromatic nitrogens is 1. The van der Waals surface area contributed by atoms with E-state index in [-0.39, 0.29) is 18.0 Å². The fourth-order valence-electron chi connectivity index (χ4n) is 3.00. The molecule has 30 heavy (non-hydrogen) atoms. The highest BCUT2D eigenvalue weighted by atomic mass is 32.1. The molecule has 0 saturated heterocycles. The first-order valence-corrected chi connectivity index (χ1v) is 10.3. The van der Waals surface area contributed by atoms with E-state index in [4.69, 9.17) is 4.74 Å². The minimum atomic E-state index is -0.431. The van der Waals surface area contributed by atoms with E-state index in [1.165, 1.54) is 11.3 Å². The van der Waals surface area contributed by atoms with Crippen molar-refractivity contribution in [2.75, 3.05) is 20.3 Å². The van der Waals surface area contributed by atoms with Crippen LogP contribution < -0.4 is 10.6 Å². The Morgan fingerprint density at radius 3 is 2.80 bits per heavy atom. The van der Waals surface area contributed by atoms with Gasteiger partial charge in [-0.05, 0) is 23.6 Å². The summed E-state index contributed by atoms with van der Waals surface area (Å²) in [6, 6.07) is 13.4. The summed E-state index contributed by atoms with van der Waals surface area (Å²) in [7, 11) is 1.58. The minimum Gasteiger partial charge on any atom is -0.383 e. The number of para-hydroxylation sites is 1. The number of benzene rings is 1. The largest absolute Gasteiger partial charge is 0.383 e. The van der Waals surface area contributed by atoms with Crippen LogP contribution in [0.1, 0.15) is 10.4 Å². The molecule has 2 aromatic heterocycles. The molecular formula is C22H22N4O3S. The zero-order chi connectivity index (χ0) is 21.3. The molecule has 2 heterocycles. The maximum Gasteiger partial charge on any atom is 0.262 e. The summed E-state index contributed by atoms with van der Waals surface area (Å²) >= 11 is 1.54. The van der Waals surface area contributed by atoms with Crippen LogP contribution in [-0.4, -0.2) is 36.6 Å². The lowest BCUT2D eigenvalue weighted by Gasteiger charge is -2.06. The van der Waals surface area contributed by atoms with E-state index in [9.17, 15) is 14.9 Å². The van der Waals surface area contributed by atoms with E-state index in [2.05, 4.69) is 10.6 Å². The summed E-state index contributed by atoms with van der Waals surface area (Å²) in [4.78, 5) is 25.7. The van der Waals surface area contributed by atoms with Gasteiger partial charge in [-0.25, -0.2) is 0 Å². The summed E-state index contributed by atoms with van der Waals surface area (Å²) in [5.41, 5.74) is 1.57. The molecule has 0 aliphatic rings. The number of carbonyl (C=O) groups excluding carboxylic acids is 2. The number of nitrogens with one attached hydrogen (secondary N) is 2. The molecule has 0 fully saturated rings. The average Bonchev–Trinajstić information content (AvgIpc) is 3.39. The van der Waals surface area contributed by atoms with Gasteiger partial charge in [0.15, 0.2) is 0 Å². The molecule has 7 nitrogen and oxygen atoms in total. The first-order chi connectivity index (χ1) is 14.6. The first-order valence-electron chi connectivity index (χ1n) is 9.38.